The summed E-state index contributed by atoms with van der Waals surface area (Å²) in [4.78, 5) is 0. The fourth-order valence-corrected chi connectivity index (χ4v) is 5.86. The molecule has 1 unspecified atom stereocenters. The molecule has 1 atom stereocenters. The molecule has 0 saturated heterocycles. The largest absolute Gasteiger partial charge is 0.382 e. The molecule has 0 amide bonds. The van der Waals surface area contributed by atoms with Crippen LogP contribution in [0.25, 0.3) is 5.57 Å². The first-order chi connectivity index (χ1) is 19.9. The molecule has 2 aliphatic carbocycles. The predicted octanol–water partition coefficient (Wildman–Crippen LogP) is 11.0. The second-order valence-corrected chi connectivity index (χ2v) is 11.1. The molecule has 3 rings (SSSR count). The summed E-state index contributed by atoms with van der Waals surface area (Å²) >= 11 is 4.39. The molecule has 0 saturated carbocycles. The average Bonchev–Trinajstić information content (AvgIpc) is 3.27. The van der Waals surface area contributed by atoms with Crippen molar-refractivity contribution in [2.75, 3.05) is 5.88 Å². The third kappa shape index (κ3) is 9.99. The Bertz CT molecular complexity index is 1080. The smallest absolute Gasteiger partial charge is 0.0578 e. The Kier molecular flexibility index (Phi) is 18.0. The lowest BCUT2D eigenvalue weighted by molar-refractivity contribution is 0.472. The van der Waals surface area contributed by atoms with Crippen molar-refractivity contribution in [3.8, 4) is 0 Å². The van der Waals surface area contributed by atoms with Crippen LogP contribution in [0.15, 0.2) is 103 Å². The third-order valence-corrected chi connectivity index (χ3v) is 7.84. The van der Waals surface area contributed by atoms with Gasteiger partial charge in [-0.3, -0.25) is 0 Å². The van der Waals surface area contributed by atoms with E-state index in [4.69, 9.17) is 0 Å². The SMILES string of the molecule is C=C(NCS)C1(CCCCC)C2=C(C=CCC2)c2ccccc21.C=C/C=C(\C=C/C)C(=C)NC(CC)CC.CCC. The van der Waals surface area contributed by atoms with Gasteiger partial charge in [0.15, 0.2) is 0 Å². The van der Waals surface area contributed by atoms with E-state index in [1.54, 1.807) is 11.6 Å². The minimum absolute atomic E-state index is 0.0470. The number of hydrogen-bond donors (Lipinski definition) is 3. The lowest BCUT2D eigenvalue weighted by Crippen LogP contribution is -2.36. The highest BCUT2D eigenvalue weighted by atomic mass is 32.1. The molecule has 0 heterocycles. The molecule has 2 N–H and O–H groups in total. The maximum atomic E-state index is 4.45. The van der Waals surface area contributed by atoms with Crippen LogP contribution < -0.4 is 10.6 Å². The molecule has 2 aliphatic rings. The van der Waals surface area contributed by atoms with Crippen molar-refractivity contribution in [1.29, 1.82) is 0 Å². The van der Waals surface area contributed by atoms with E-state index in [9.17, 15) is 0 Å². The number of hydrogen-bond acceptors (Lipinski definition) is 3. The molecule has 0 radical (unpaired) electrons. The molecule has 2 nitrogen and oxygen atoms in total. The zero-order valence-electron chi connectivity index (χ0n) is 27.0. The predicted molar refractivity (Wildman–Crippen MR) is 189 cm³/mol. The van der Waals surface area contributed by atoms with Gasteiger partial charge in [0.05, 0.1) is 11.3 Å². The van der Waals surface area contributed by atoms with Gasteiger partial charge in [0.25, 0.3) is 0 Å². The number of rotatable bonds is 14. The second kappa shape index (κ2) is 20.3. The molecule has 41 heavy (non-hydrogen) atoms. The van der Waals surface area contributed by atoms with Crippen molar-refractivity contribution < 1.29 is 0 Å². The zero-order chi connectivity index (χ0) is 30.7. The summed E-state index contributed by atoms with van der Waals surface area (Å²) in [5.74, 6) is 0.634. The zero-order valence-corrected chi connectivity index (χ0v) is 27.9. The summed E-state index contributed by atoms with van der Waals surface area (Å²) < 4.78 is 0. The minimum atomic E-state index is -0.0470. The number of fused-ring (bicyclic) bond motifs is 2. The molecular formula is C38H58N2S. The number of thiol groups is 1. The highest BCUT2D eigenvalue weighted by Gasteiger charge is 2.46. The molecule has 0 spiro atoms. The van der Waals surface area contributed by atoms with Gasteiger partial charge in [0.1, 0.15) is 0 Å². The molecule has 1 aromatic rings. The number of nitrogens with one attached hydrogen (secondary N) is 2. The molecule has 1 aromatic carbocycles. The fourth-order valence-electron chi connectivity index (χ4n) is 5.67. The Morgan fingerprint density at radius 3 is 2.34 bits per heavy atom. The van der Waals surface area contributed by atoms with Gasteiger partial charge < -0.3 is 10.6 Å². The van der Waals surface area contributed by atoms with E-state index in [0.717, 1.165) is 49.1 Å². The summed E-state index contributed by atoms with van der Waals surface area (Å²) in [6.07, 6.45) is 23.1. The van der Waals surface area contributed by atoms with Gasteiger partial charge in [-0.25, -0.2) is 0 Å². The number of allylic oxidation sites excluding steroid dienone is 8. The maximum Gasteiger partial charge on any atom is 0.0578 e. The molecule has 0 aliphatic heterocycles. The van der Waals surface area contributed by atoms with Gasteiger partial charge in [-0.2, -0.15) is 12.6 Å². The summed E-state index contributed by atoms with van der Waals surface area (Å²) in [7, 11) is 0. The average molecular weight is 575 g/mol. The van der Waals surface area contributed by atoms with Crippen molar-refractivity contribution >= 4 is 18.2 Å². The van der Waals surface area contributed by atoms with Crippen LogP contribution in [0.2, 0.25) is 0 Å². The van der Waals surface area contributed by atoms with E-state index in [1.807, 2.05) is 25.2 Å². The van der Waals surface area contributed by atoms with Gasteiger partial charge >= 0.3 is 0 Å². The highest BCUT2D eigenvalue weighted by molar-refractivity contribution is 7.80. The number of unbranched alkanes of at least 4 members (excludes halogenated alkanes) is 2. The van der Waals surface area contributed by atoms with Crippen LogP contribution in [0, 0.1) is 0 Å². The van der Waals surface area contributed by atoms with Crippen LogP contribution in [-0.2, 0) is 5.41 Å². The Balaban J connectivity index is 0.000000406. The Morgan fingerprint density at radius 1 is 1.07 bits per heavy atom. The van der Waals surface area contributed by atoms with E-state index in [-0.39, 0.29) is 5.41 Å². The summed E-state index contributed by atoms with van der Waals surface area (Å²) in [6.45, 7) is 25.1. The Morgan fingerprint density at radius 2 is 1.76 bits per heavy atom. The molecule has 3 heteroatoms. The molecule has 0 bridgehead atoms. The van der Waals surface area contributed by atoms with Crippen molar-refractivity contribution in [2.24, 2.45) is 0 Å². The van der Waals surface area contributed by atoms with E-state index < -0.39 is 0 Å². The first-order valence-corrected chi connectivity index (χ1v) is 16.4. The van der Waals surface area contributed by atoms with Gasteiger partial charge in [-0.05, 0) is 66.9 Å². The van der Waals surface area contributed by atoms with Crippen molar-refractivity contribution in [2.45, 2.75) is 111 Å². The van der Waals surface area contributed by atoms with Crippen molar-refractivity contribution in [3.63, 3.8) is 0 Å². The molecule has 0 aromatic heterocycles. The second-order valence-electron chi connectivity index (χ2n) is 10.8. The number of benzene rings is 1. The van der Waals surface area contributed by atoms with E-state index >= 15 is 0 Å². The lowest BCUT2D eigenvalue weighted by atomic mass is 9.69. The van der Waals surface area contributed by atoms with Gasteiger partial charge in [0, 0.05) is 17.4 Å². The molecule has 226 valence electrons. The van der Waals surface area contributed by atoms with E-state index in [2.05, 4.69) is 114 Å². The molecule has 0 fully saturated rings. The van der Waals surface area contributed by atoms with Gasteiger partial charge in [-0.1, -0.05) is 141 Å². The van der Waals surface area contributed by atoms with Crippen LogP contribution >= 0.6 is 12.6 Å². The Hall–Kier alpha value is -2.65. The topological polar surface area (TPSA) is 24.1 Å². The molecular weight excluding hydrogens is 516 g/mol. The first kappa shape index (κ1) is 36.4. The summed E-state index contributed by atoms with van der Waals surface area (Å²) in [6, 6.07) is 9.41. The van der Waals surface area contributed by atoms with Crippen LogP contribution in [0.4, 0.5) is 0 Å². The van der Waals surface area contributed by atoms with E-state index in [0.29, 0.717) is 11.9 Å². The van der Waals surface area contributed by atoms with Crippen LogP contribution in [0.1, 0.15) is 110 Å². The van der Waals surface area contributed by atoms with Crippen molar-refractivity contribution in [3.05, 3.63) is 114 Å². The fraction of sp³-hybridized carbons (Fsp3) is 0.474. The quantitative estimate of drug-likeness (QED) is 0.0891. The van der Waals surface area contributed by atoms with Crippen molar-refractivity contribution in [1.82, 2.24) is 10.6 Å². The maximum absolute atomic E-state index is 4.45. The van der Waals surface area contributed by atoms with Crippen LogP contribution in [0.3, 0.4) is 0 Å². The van der Waals surface area contributed by atoms with Gasteiger partial charge in [0.2, 0.25) is 0 Å². The van der Waals surface area contributed by atoms with E-state index in [1.165, 1.54) is 42.4 Å². The minimum Gasteiger partial charge on any atom is -0.382 e. The third-order valence-electron chi connectivity index (χ3n) is 7.68. The lowest BCUT2D eigenvalue weighted by Gasteiger charge is -2.37. The van der Waals surface area contributed by atoms with Crippen LogP contribution in [0.5, 0.6) is 0 Å². The summed E-state index contributed by atoms with van der Waals surface area (Å²) in [5, 5.41) is 6.86. The standard InChI is InChI=1S/C21H27NS.C14H23N.C3H8/c1-3-4-9-14-21(16(2)22-15-23)19-12-7-5-10-17(19)18-11-6-8-13-20(18)21;1-6-10-13(11-7-2)12(5)15-14(8-3)9-4;1-3-2/h5-7,10-12,22-23H,2-4,8-9,13-15H2,1H3;6-7,10-11,14-15H,1,5,8-9H2,2-4H3;3H2,1-2H3/b;11-7-,13-10+;. The monoisotopic (exact) mass is 574 g/mol. The Labute approximate surface area is 259 Å². The first-order valence-electron chi connectivity index (χ1n) is 15.8. The van der Waals surface area contributed by atoms with Crippen LogP contribution in [-0.4, -0.2) is 11.9 Å². The van der Waals surface area contributed by atoms with Gasteiger partial charge in [-0.15, -0.1) is 0 Å². The highest BCUT2D eigenvalue weighted by Crippen LogP contribution is 2.55. The summed E-state index contributed by atoms with van der Waals surface area (Å²) in [5.41, 5.74) is 8.98. The normalized spacial score (nSPS) is 17.2.